The second-order valence-electron chi connectivity index (χ2n) is 3.41. The van der Waals surface area contributed by atoms with E-state index in [1.165, 1.54) is 0 Å². The highest BCUT2D eigenvalue weighted by Crippen LogP contribution is 2.25. The van der Waals surface area contributed by atoms with Crippen LogP contribution in [0.25, 0.3) is 0 Å². The second kappa shape index (κ2) is 3.68. The van der Waals surface area contributed by atoms with Gasteiger partial charge in [0.1, 0.15) is 5.15 Å². The van der Waals surface area contributed by atoms with Gasteiger partial charge < -0.3 is 4.74 Å². The molecule has 4 heteroatoms. The van der Waals surface area contributed by atoms with Crippen molar-refractivity contribution in [2.75, 3.05) is 13.2 Å². The van der Waals surface area contributed by atoms with Gasteiger partial charge in [0.25, 0.3) is 0 Å². The molecule has 0 unspecified atom stereocenters. The van der Waals surface area contributed by atoms with Crippen molar-refractivity contribution in [3.63, 3.8) is 0 Å². The number of hydrogen-bond donors (Lipinski definition) is 0. The fraction of sp³-hybridized carbons (Fsp3) is 0.667. The van der Waals surface area contributed by atoms with Gasteiger partial charge in [-0.2, -0.15) is 5.10 Å². The zero-order valence-electron chi connectivity index (χ0n) is 7.66. The Labute approximate surface area is 82.6 Å². The monoisotopic (exact) mass is 200 g/mol. The molecule has 0 radical (unpaired) electrons. The SMILES string of the molecule is Cc1cnn(C2CCOCC2)c1Cl. The minimum absolute atomic E-state index is 0.426. The first-order valence-electron chi connectivity index (χ1n) is 4.56. The molecule has 0 bridgehead atoms. The third-order valence-corrected chi connectivity index (χ3v) is 2.91. The quantitative estimate of drug-likeness (QED) is 0.695. The van der Waals surface area contributed by atoms with Crippen molar-refractivity contribution in [1.29, 1.82) is 0 Å². The van der Waals surface area contributed by atoms with Crippen LogP contribution in [-0.2, 0) is 4.74 Å². The van der Waals surface area contributed by atoms with Crippen LogP contribution in [0.15, 0.2) is 6.20 Å². The van der Waals surface area contributed by atoms with Crippen molar-refractivity contribution in [2.45, 2.75) is 25.8 Å². The predicted octanol–water partition coefficient (Wildman–Crippen LogP) is 2.20. The first kappa shape index (κ1) is 9.03. The molecule has 0 aliphatic carbocycles. The van der Waals surface area contributed by atoms with Crippen molar-refractivity contribution < 1.29 is 4.74 Å². The summed E-state index contributed by atoms with van der Waals surface area (Å²) in [4.78, 5) is 0. The normalized spacial score (nSPS) is 19.2. The van der Waals surface area contributed by atoms with Crippen LogP contribution in [0.1, 0.15) is 24.4 Å². The molecule has 0 N–H and O–H groups in total. The van der Waals surface area contributed by atoms with E-state index in [0.29, 0.717) is 6.04 Å². The summed E-state index contributed by atoms with van der Waals surface area (Å²) in [6.07, 6.45) is 3.85. The van der Waals surface area contributed by atoms with Crippen LogP contribution in [0.3, 0.4) is 0 Å². The van der Waals surface area contributed by atoms with Crippen molar-refractivity contribution in [1.82, 2.24) is 9.78 Å². The maximum Gasteiger partial charge on any atom is 0.130 e. The number of aromatic nitrogens is 2. The Hall–Kier alpha value is -0.540. The van der Waals surface area contributed by atoms with Crippen LogP contribution in [-0.4, -0.2) is 23.0 Å². The van der Waals surface area contributed by atoms with Gasteiger partial charge in [-0.25, -0.2) is 0 Å². The number of rotatable bonds is 1. The molecule has 2 heterocycles. The fourth-order valence-electron chi connectivity index (χ4n) is 1.62. The minimum Gasteiger partial charge on any atom is -0.381 e. The van der Waals surface area contributed by atoms with Gasteiger partial charge in [0.2, 0.25) is 0 Å². The van der Waals surface area contributed by atoms with E-state index in [1.807, 2.05) is 17.8 Å². The summed E-state index contributed by atoms with van der Waals surface area (Å²) in [5.74, 6) is 0. The molecule has 1 fully saturated rings. The Bertz CT molecular complexity index is 292. The summed E-state index contributed by atoms with van der Waals surface area (Å²) in [5, 5.41) is 5.04. The number of ether oxygens (including phenoxy) is 1. The first-order valence-corrected chi connectivity index (χ1v) is 4.94. The first-order chi connectivity index (χ1) is 6.29. The van der Waals surface area contributed by atoms with E-state index in [2.05, 4.69) is 5.10 Å². The summed E-state index contributed by atoms with van der Waals surface area (Å²) in [6.45, 7) is 3.62. The highest BCUT2D eigenvalue weighted by molar-refractivity contribution is 6.30. The van der Waals surface area contributed by atoms with Gasteiger partial charge in [-0.05, 0) is 19.8 Å². The zero-order valence-corrected chi connectivity index (χ0v) is 8.42. The number of aryl methyl sites for hydroxylation is 1. The summed E-state index contributed by atoms with van der Waals surface area (Å²) < 4.78 is 7.20. The number of hydrogen-bond acceptors (Lipinski definition) is 2. The van der Waals surface area contributed by atoms with E-state index in [1.54, 1.807) is 0 Å². The van der Waals surface area contributed by atoms with Gasteiger partial charge in [0, 0.05) is 18.8 Å². The standard InChI is InChI=1S/C9H13ClN2O/c1-7-6-11-12(9(7)10)8-2-4-13-5-3-8/h6,8H,2-5H2,1H3. The molecule has 72 valence electrons. The molecule has 1 saturated heterocycles. The van der Waals surface area contributed by atoms with Crippen molar-refractivity contribution in [3.8, 4) is 0 Å². The van der Waals surface area contributed by atoms with E-state index < -0.39 is 0 Å². The average Bonchev–Trinajstić information content (AvgIpc) is 2.49. The highest BCUT2D eigenvalue weighted by Gasteiger charge is 2.18. The van der Waals surface area contributed by atoms with Crippen LogP contribution in [0.2, 0.25) is 5.15 Å². The summed E-state index contributed by atoms with van der Waals surface area (Å²) in [6, 6.07) is 0.426. The van der Waals surface area contributed by atoms with Crippen LogP contribution in [0, 0.1) is 6.92 Å². The Morgan fingerprint density at radius 2 is 2.23 bits per heavy atom. The molecule has 1 aromatic rings. The van der Waals surface area contributed by atoms with Crippen molar-refractivity contribution >= 4 is 11.6 Å². The molecule has 0 spiro atoms. The maximum atomic E-state index is 6.10. The van der Waals surface area contributed by atoms with E-state index in [9.17, 15) is 0 Å². The van der Waals surface area contributed by atoms with Crippen molar-refractivity contribution in [3.05, 3.63) is 16.9 Å². The summed E-state index contributed by atoms with van der Waals surface area (Å²) in [7, 11) is 0. The molecule has 0 amide bonds. The molecule has 3 nitrogen and oxygen atoms in total. The largest absolute Gasteiger partial charge is 0.381 e. The van der Waals surface area contributed by atoms with Gasteiger partial charge in [0.05, 0.1) is 12.2 Å². The van der Waals surface area contributed by atoms with Gasteiger partial charge in [-0.1, -0.05) is 11.6 Å². The Morgan fingerprint density at radius 1 is 1.54 bits per heavy atom. The molecule has 1 aliphatic rings. The Morgan fingerprint density at radius 3 is 2.77 bits per heavy atom. The second-order valence-corrected chi connectivity index (χ2v) is 3.76. The van der Waals surface area contributed by atoms with Crippen LogP contribution in [0.4, 0.5) is 0 Å². The number of halogens is 1. The third-order valence-electron chi connectivity index (χ3n) is 2.44. The van der Waals surface area contributed by atoms with Crippen LogP contribution in [0.5, 0.6) is 0 Å². The van der Waals surface area contributed by atoms with E-state index in [-0.39, 0.29) is 0 Å². The lowest BCUT2D eigenvalue weighted by Gasteiger charge is -2.22. The average molecular weight is 201 g/mol. The molecule has 2 rings (SSSR count). The Balaban J connectivity index is 2.18. The summed E-state index contributed by atoms with van der Waals surface area (Å²) >= 11 is 6.10. The van der Waals surface area contributed by atoms with Crippen molar-refractivity contribution in [2.24, 2.45) is 0 Å². The number of nitrogens with zero attached hydrogens (tertiary/aromatic N) is 2. The third kappa shape index (κ3) is 1.71. The molecule has 0 atom stereocenters. The Kier molecular flexibility index (Phi) is 2.56. The van der Waals surface area contributed by atoms with Gasteiger partial charge in [-0.15, -0.1) is 0 Å². The topological polar surface area (TPSA) is 27.1 Å². The molecule has 0 saturated carbocycles. The smallest absolute Gasteiger partial charge is 0.130 e. The summed E-state index contributed by atoms with van der Waals surface area (Å²) in [5.41, 5.74) is 1.05. The lowest BCUT2D eigenvalue weighted by atomic mass is 10.1. The molecular weight excluding hydrogens is 188 g/mol. The molecule has 1 aliphatic heterocycles. The van der Waals surface area contributed by atoms with Crippen LogP contribution >= 0.6 is 11.6 Å². The zero-order chi connectivity index (χ0) is 9.26. The molecule has 0 aromatic carbocycles. The van der Waals surface area contributed by atoms with E-state index in [0.717, 1.165) is 36.8 Å². The fourth-order valence-corrected chi connectivity index (χ4v) is 1.85. The van der Waals surface area contributed by atoms with Gasteiger partial charge in [0.15, 0.2) is 0 Å². The maximum absolute atomic E-state index is 6.10. The lowest BCUT2D eigenvalue weighted by Crippen LogP contribution is -2.20. The van der Waals surface area contributed by atoms with E-state index >= 15 is 0 Å². The lowest BCUT2D eigenvalue weighted by molar-refractivity contribution is 0.0663. The molecule has 1 aromatic heterocycles. The predicted molar refractivity (Wildman–Crippen MR) is 51.1 cm³/mol. The van der Waals surface area contributed by atoms with Gasteiger partial charge in [-0.3, -0.25) is 4.68 Å². The highest BCUT2D eigenvalue weighted by atomic mass is 35.5. The van der Waals surface area contributed by atoms with Crippen LogP contribution < -0.4 is 0 Å². The molecular formula is C9H13ClN2O. The molecule has 13 heavy (non-hydrogen) atoms. The van der Waals surface area contributed by atoms with Gasteiger partial charge >= 0.3 is 0 Å². The minimum atomic E-state index is 0.426. The van der Waals surface area contributed by atoms with E-state index in [4.69, 9.17) is 16.3 Å².